The molecule has 1 saturated carbocycles. The molecule has 0 aromatic carbocycles. The largest absolute Gasteiger partial charge is 0.376 e. The second-order valence-corrected chi connectivity index (χ2v) is 5.69. The Morgan fingerprint density at radius 3 is 2.89 bits per heavy atom. The third kappa shape index (κ3) is 3.07. The fourth-order valence-electron chi connectivity index (χ4n) is 2.70. The van der Waals surface area contributed by atoms with Crippen LogP contribution in [0.25, 0.3) is 0 Å². The molecule has 4 heteroatoms. The molecule has 0 amide bonds. The summed E-state index contributed by atoms with van der Waals surface area (Å²) >= 11 is 0. The average molecular weight is 261 g/mol. The Balaban J connectivity index is 1.66. The van der Waals surface area contributed by atoms with E-state index in [0.717, 1.165) is 37.1 Å². The molecule has 1 aromatic rings. The van der Waals surface area contributed by atoms with Crippen LogP contribution in [-0.2, 0) is 11.3 Å². The summed E-state index contributed by atoms with van der Waals surface area (Å²) in [6.07, 6.45) is 4.01. The fourth-order valence-corrected chi connectivity index (χ4v) is 2.70. The number of nitrogens with one attached hydrogen (secondary N) is 1. The van der Waals surface area contributed by atoms with Gasteiger partial charge in [0.15, 0.2) is 0 Å². The Kier molecular flexibility index (Phi) is 3.71. The van der Waals surface area contributed by atoms with Crippen molar-refractivity contribution < 1.29 is 4.74 Å². The second-order valence-electron chi connectivity index (χ2n) is 5.69. The number of hydrogen-bond acceptors (Lipinski definition) is 4. The average Bonchev–Trinajstić information content (AvgIpc) is 3.17. The van der Waals surface area contributed by atoms with Crippen LogP contribution in [0.3, 0.4) is 0 Å². The van der Waals surface area contributed by atoms with Crippen molar-refractivity contribution in [1.82, 2.24) is 10.3 Å². The molecule has 0 bridgehead atoms. The van der Waals surface area contributed by atoms with Gasteiger partial charge in [-0.3, -0.25) is 0 Å². The number of aromatic nitrogens is 1. The molecule has 19 heavy (non-hydrogen) atoms. The molecule has 1 N–H and O–H groups in total. The van der Waals surface area contributed by atoms with Gasteiger partial charge in [-0.2, -0.15) is 0 Å². The van der Waals surface area contributed by atoms with Crippen LogP contribution in [0.2, 0.25) is 0 Å². The summed E-state index contributed by atoms with van der Waals surface area (Å²) in [5.74, 6) is 1.05. The van der Waals surface area contributed by atoms with E-state index in [1.165, 1.54) is 12.8 Å². The first-order valence-electron chi connectivity index (χ1n) is 7.28. The summed E-state index contributed by atoms with van der Waals surface area (Å²) in [4.78, 5) is 7.02. The number of rotatable bonds is 5. The number of nitrogens with zero attached hydrogens (tertiary/aromatic N) is 2. The van der Waals surface area contributed by atoms with E-state index in [2.05, 4.69) is 42.4 Å². The van der Waals surface area contributed by atoms with Crippen molar-refractivity contribution >= 4 is 5.82 Å². The van der Waals surface area contributed by atoms with E-state index < -0.39 is 0 Å². The number of hydrogen-bond donors (Lipinski definition) is 1. The molecule has 2 atom stereocenters. The van der Waals surface area contributed by atoms with Gasteiger partial charge in [0.05, 0.1) is 17.8 Å². The zero-order valence-corrected chi connectivity index (χ0v) is 11.8. The second kappa shape index (κ2) is 5.47. The van der Waals surface area contributed by atoms with Crippen molar-refractivity contribution in [3.63, 3.8) is 0 Å². The summed E-state index contributed by atoms with van der Waals surface area (Å²) in [7, 11) is 2.12. The quantitative estimate of drug-likeness (QED) is 0.879. The van der Waals surface area contributed by atoms with Crippen LogP contribution in [0.5, 0.6) is 0 Å². The monoisotopic (exact) mass is 261 g/mol. The molecule has 0 radical (unpaired) electrons. The first kappa shape index (κ1) is 12.9. The third-order valence-electron chi connectivity index (χ3n) is 4.14. The predicted octanol–water partition coefficient (Wildman–Crippen LogP) is 1.95. The molecule has 1 aliphatic heterocycles. The topological polar surface area (TPSA) is 37.4 Å². The summed E-state index contributed by atoms with van der Waals surface area (Å²) in [5, 5.41) is 3.51. The van der Waals surface area contributed by atoms with E-state index in [9.17, 15) is 0 Å². The van der Waals surface area contributed by atoms with Crippen molar-refractivity contribution in [3.8, 4) is 0 Å². The Bertz CT molecular complexity index is 433. The zero-order chi connectivity index (χ0) is 13.2. The summed E-state index contributed by atoms with van der Waals surface area (Å²) in [5.41, 5.74) is 1.13. The van der Waals surface area contributed by atoms with E-state index in [1.807, 2.05) is 0 Å². The van der Waals surface area contributed by atoms with Crippen molar-refractivity contribution in [2.24, 2.45) is 0 Å². The molecule has 3 rings (SSSR count). The van der Waals surface area contributed by atoms with Gasteiger partial charge >= 0.3 is 0 Å². The predicted molar refractivity (Wildman–Crippen MR) is 76.3 cm³/mol. The van der Waals surface area contributed by atoms with Gasteiger partial charge < -0.3 is 15.0 Å². The Morgan fingerprint density at radius 2 is 2.21 bits per heavy atom. The highest BCUT2D eigenvalue weighted by molar-refractivity contribution is 5.40. The maximum atomic E-state index is 5.64. The summed E-state index contributed by atoms with van der Waals surface area (Å²) in [6, 6.07) is 7.46. The fraction of sp³-hybridized carbons (Fsp3) is 0.667. The molecule has 4 nitrogen and oxygen atoms in total. The number of likely N-dealkylation sites (N-methyl/N-ethyl adjacent to an activating group) is 1. The highest BCUT2D eigenvalue weighted by atomic mass is 16.5. The van der Waals surface area contributed by atoms with Crippen molar-refractivity contribution in [2.45, 2.75) is 50.9 Å². The minimum Gasteiger partial charge on any atom is -0.376 e. The lowest BCUT2D eigenvalue weighted by atomic mass is 10.1. The van der Waals surface area contributed by atoms with Crippen LogP contribution in [0.4, 0.5) is 5.82 Å². The molecule has 1 aliphatic carbocycles. The van der Waals surface area contributed by atoms with Gasteiger partial charge in [-0.25, -0.2) is 4.98 Å². The van der Waals surface area contributed by atoms with Crippen LogP contribution in [0.15, 0.2) is 18.2 Å². The number of ether oxygens (including phenoxy) is 1. The minimum atomic E-state index is 0.292. The van der Waals surface area contributed by atoms with Gasteiger partial charge in [0, 0.05) is 26.2 Å². The third-order valence-corrected chi connectivity index (χ3v) is 4.14. The Hall–Kier alpha value is -1.13. The summed E-state index contributed by atoms with van der Waals surface area (Å²) < 4.78 is 5.64. The lowest BCUT2D eigenvalue weighted by Crippen LogP contribution is -2.37. The normalized spacial score (nSPS) is 26.6. The van der Waals surface area contributed by atoms with E-state index in [-0.39, 0.29) is 0 Å². The van der Waals surface area contributed by atoms with Gasteiger partial charge in [0.25, 0.3) is 0 Å². The van der Waals surface area contributed by atoms with E-state index in [4.69, 9.17) is 9.72 Å². The van der Waals surface area contributed by atoms with Crippen LogP contribution >= 0.6 is 0 Å². The molecule has 104 valence electrons. The highest BCUT2D eigenvalue weighted by Gasteiger charge is 2.28. The minimum absolute atomic E-state index is 0.292. The number of pyridine rings is 1. The first-order valence-corrected chi connectivity index (χ1v) is 7.28. The van der Waals surface area contributed by atoms with Crippen LogP contribution in [-0.4, -0.2) is 36.8 Å². The van der Waals surface area contributed by atoms with Crippen molar-refractivity contribution in [2.75, 3.05) is 18.6 Å². The van der Waals surface area contributed by atoms with Crippen molar-refractivity contribution in [3.05, 3.63) is 23.9 Å². The van der Waals surface area contributed by atoms with E-state index >= 15 is 0 Å². The lowest BCUT2D eigenvalue weighted by molar-refractivity contribution is 0.118. The molecular weight excluding hydrogens is 238 g/mol. The zero-order valence-electron chi connectivity index (χ0n) is 11.8. The molecule has 2 aliphatic rings. The van der Waals surface area contributed by atoms with Gasteiger partial charge in [-0.1, -0.05) is 6.07 Å². The Labute approximate surface area is 115 Å². The standard InChI is InChI=1S/C15H23N3O/c1-11-14(8-9-19-11)18(2)15-5-3-4-13(17-15)10-16-12-6-7-12/h3-5,11-12,14,16H,6-10H2,1-2H3. The molecule has 2 fully saturated rings. The smallest absolute Gasteiger partial charge is 0.128 e. The van der Waals surface area contributed by atoms with E-state index in [1.54, 1.807) is 0 Å². The molecule has 2 heterocycles. The van der Waals surface area contributed by atoms with Gasteiger partial charge in [0.2, 0.25) is 0 Å². The van der Waals surface area contributed by atoms with Crippen LogP contribution in [0, 0.1) is 0 Å². The Morgan fingerprint density at radius 1 is 1.37 bits per heavy atom. The highest BCUT2D eigenvalue weighted by Crippen LogP contribution is 2.23. The first-order chi connectivity index (χ1) is 9.24. The molecular formula is C15H23N3O. The number of anilines is 1. The maximum Gasteiger partial charge on any atom is 0.128 e. The lowest BCUT2D eigenvalue weighted by Gasteiger charge is -2.28. The van der Waals surface area contributed by atoms with Gasteiger partial charge in [-0.15, -0.1) is 0 Å². The van der Waals surface area contributed by atoms with Gasteiger partial charge in [0.1, 0.15) is 5.82 Å². The molecule has 1 aromatic heterocycles. The molecule has 1 saturated heterocycles. The van der Waals surface area contributed by atoms with Gasteiger partial charge in [-0.05, 0) is 38.3 Å². The van der Waals surface area contributed by atoms with Crippen LogP contribution in [0.1, 0.15) is 31.9 Å². The maximum absolute atomic E-state index is 5.64. The molecule has 2 unspecified atom stereocenters. The van der Waals surface area contributed by atoms with Crippen molar-refractivity contribution in [1.29, 1.82) is 0 Å². The SMILES string of the molecule is CC1OCCC1N(C)c1cccc(CNC2CC2)n1. The molecule has 0 spiro atoms. The van der Waals surface area contributed by atoms with Crippen LogP contribution < -0.4 is 10.2 Å². The summed E-state index contributed by atoms with van der Waals surface area (Å²) in [6.45, 7) is 3.88. The van der Waals surface area contributed by atoms with E-state index in [0.29, 0.717) is 12.1 Å².